The predicted octanol–water partition coefficient (Wildman–Crippen LogP) is 6.31. The van der Waals surface area contributed by atoms with E-state index in [9.17, 15) is 10.1 Å². The monoisotopic (exact) mass is 624 g/mol. The van der Waals surface area contributed by atoms with E-state index in [1.54, 1.807) is 24.3 Å². The Kier molecular flexibility index (Phi) is 8.41. The summed E-state index contributed by atoms with van der Waals surface area (Å²) in [5.41, 5.74) is 0.990. The van der Waals surface area contributed by atoms with Crippen molar-refractivity contribution >= 4 is 86.1 Å². The van der Waals surface area contributed by atoms with Crippen LogP contribution in [0.2, 0.25) is 10.0 Å². The van der Waals surface area contributed by atoms with E-state index in [0.29, 0.717) is 22.9 Å². The molecule has 2 aromatic rings. The molecule has 2 rings (SSSR count). The third-order valence-electron chi connectivity index (χ3n) is 3.24. The quantitative estimate of drug-likeness (QED) is 0.177. The molecule has 0 radical (unpaired) electrons. The Labute approximate surface area is 194 Å². The van der Waals surface area contributed by atoms with E-state index >= 15 is 0 Å². The second-order valence-electron chi connectivity index (χ2n) is 5.14. The van der Waals surface area contributed by atoms with Crippen molar-refractivity contribution < 1.29 is 9.53 Å². The minimum Gasteiger partial charge on any atom is -0.487 e. The molecule has 0 aliphatic carbocycles. The molecule has 1 N–H and O–H groups in total. The van der Waals surface area contributed by atoms with E-state index in [0.717, 1.165) is 12.9 Å². The lowest BCUT2D eigenvalue weighted by molar-refractivity contribution is -0.112. The molecule has 2 aromatic carbocycles. The number of ether oxygens (including phenoxy) is 1. The van der Waals surface area contributed by atoms with Gasteiger partial charge >= 0.3 is 0 Å². The molecule has 4 nitrogen and oxygen atoms in total. The lowest BCUT2D eigenvalue weighted by Crippen LogP contribution is -2.13. The predicted molar refractivity (Wildman–Crippen MR) is 126 cm³/mol. The van der Waals surface area contributed by atoms with Crippen molar-refractivity contribution in [3.63, 3.8) is 0 Å². The largest absolute Gasteiger partial charge is 0.487 e. The number of nitrogens with zero attached hydrogens (tertiary/aromatic N) is 1. The van der Waals surface area contributed by atoms with Crippen LogP contribution in [-0.4, -0.2) is 12.5 Å². The molecule has 0 spiro atoms. The fraction of sp³-hybridized carbons (Fsp3) is 0.0526. The number of carbonyl (C=O) groups is 1. The van der Waals surface area contributed by atoms with Crippen molar-refractivity contribution in [3.8, 4) is 11.8 Å². The standard InChI is InChI=1S/C19H12Cl2I2N2O2/c1-2-6-27-18-14(22)8-11(9-15(18)23)7-12(10-24)19(26)25-16-5-3-4-13(20)17(16)21/h2-5,7-9H,1,6H2,(H,25,26)/b12-7-. The molecule has 27 heavy (non-hydrogen) atoms. The summed E-state index contributed by atoms with van der Waals surface area (Å²) in [6, 6.07) is 10.5. The number of benzene rings is 2. The highest BCUT2D eigenvalue weighted by Crippen LogP contribution is 2.31. The van der Waals surface area contributed by atoms with Gasteiger partial charge in [-0.3, -0.25) is 4.79 Å². The van der Waals surface area contributed by atoms with E-state index in [2.05, 4.69) is 57.1 Å². The molecule has 0 aliphatic rings. The van der Waals surface area contributed by atoms with Gasteiger partial charge in [0.2, 0.25) is 0 Å². The summed E-state index contributed by atoms with van der Waals surface area (Å²) >= 11 is 16.3. The summed E-state index contributed by atoms with van der Waals surface area (Å²) in [5.74, 6) is 0.167. The van der Waals surface area contributed by atoms with Crippen LogP contribution in [0.1, 0.15) is 5.56 Å². The number of hydrogen-bond donors (Lipinski definition) is 1. The van der Waals surface area contributed by atoms with Gasteiger partial charge in [-0.1, -0.05) is 41.9 Å². The fourth-order valence-corrected chi connectivity index (χ4v) is 4.52. The summed E-state index contributed by atoms with van der Waals surface area (Å²) in [6.45, 7) is 4.03. The van der Waals surface area contributed by atoms with E-state index in [1.807, 2.05) is 18.2 Å². The smallest absolute Gasteiger partial charge is 0.266 e. The Morgan fingerprint density at radius 1 is 1.30 bits per heavy atom. The molecule has 138 valence electrons. The molecule has 0 aliphatic heterocycles. The molecule has 0 saturated heterocycles. The van der Waals surface area contributed by atoms with Gasteiger partial charge in [-0.2, -0.15) is 5.26 Å². The van der Waals surface area contributed by atoms with Crippen LogP contribution in [0.4, 0.5) is 5.69 Å². The Bertz CT molecular complexity index is 946. The molecule has 0 saturated carbocycles. The molecule has 8 heteroatoms. The number of rotatable bonds is 6. The van der Waals surface area contributed by atoms with Gasteiger partial charge < -0.3 is 10.1 Å². The first-order valence-electron chi connectivity index (χ1n) is 7.47. The van der Waals surface area contributed by atoms with Crippen LogP contribution in [-0.2, 0) is 4.79 Å². The lowest BCUT2D eigenvalue weighted by Gasteiger charge is -2.10. The van der Waals surface area contributed by atoms with Gasteiger partial charge in [0.05, 0.1) is 22.9 Å². The number of anilines is 1. The molecule has 1 amide bonds. The Hall–Kier alpha value is -1.28. The minimum atomic E-state index is -0.571. The average molecular weight is 625 g/mol. The first-order chi connectivity index (χ1) is 12.9. The van der Waals surface area contributed by atoms with Crippen LogP contribution in [0, 0.1) is 18.5 Å². The van der Waals surface area contributed by atoms with E-state index in [-0.39, 0.29) is 10.6 Å². The van der Waals surface area contributed by atoms with E-state index in [1.165, 1.54) is 6.08 Å². The van der Waals surface area contributed by atoms with Crippen molar-refractivity contribution in [2.45, 2.75) is 0 Å². The normalized spacial score (nSPS) is 10.9. The molecule has 0 atom stereocenters. The van der Waals surface area contributed by atoms with Gasteiger partial charge in [-0.05, 0) is 81.1 Å². The molecular weight excluding hydrogens is 613 g/mol. The molecule has 0 fully saturated rings. The fourth-order valence-electron chi connectivity index (χ4n) is 2.05. The number of amides is 1. The second-order valence-corrected chi connectivity index (χ2v) is 8.25. The maximum Gasteiger partial charge on any atom is 0.266 e. The van der Waals surface area contributed by atoms with Crippen LogP contribution in [0.25, 0.3) is 6.08 Å². The van der Waals surface area contributed by atoms with E-state index in [4.69, 9.17) is 27.9 Å². The topological polar surface area (TPSA) is 62.1 Å². The summed E-state index contributed by atoms with van der Waals surface area (Å²) in [6.07, 6.45) is 3.18. The number of hydrogen-bond acceptors (Lipinski definition) is 3. The first-order valence-corrected chi connectivity index (χ1v) is 10.4. The van der Waals surface area contributed by atoms with Crippen molar-refractivity contribution in [3.05, 3.63) is 71.3 Å². The number of nitrogens with one attached hydrogen (secondary N) is 1. The zero-order chi connectivity index (χ0) is 20.0. The Balaban J connectivity index is 2.30. The van der Waals surface area contributed by atoms with Crippen molar-refractivity contribution in [1.82, 2.24) is 0 Å². The van der Waals surface area contributed by atoms with Crippen molar-refractivity contribution in [2.24, 2.45) is 0 Å². The van der Waals surface area contributed by atoms with Gasteiger partial charge in [0, 0.05) is 0 Å². The number of nitriles is 1. The highest BCUT2D eigenvalue weighted by atomic mass is 127. The van der Waals surface area contributed by atoms with Gasteiger partial charge in [-0.25, -0.2) is 0 Å². The van der Waals surface area contributed by atoms with Crippen LogP contribution in [0.15, 0.2) is 48.6 Å². The van der Waals surface area contributed by atoms with Gasteiger partial charge in [0.15, 0.2) is 0 Å². The third kappa shape index (κ3) is 5.85. The Morgan fingerprint density at radius 2 is 1.96 bits per heavy atom. The third-order valence-corrected chi connectivity index (χ3v) is 5.66. The highest BCUT2D eigenvalue weighted by molar-refractivity contribution is 14.1. The van der Waals surface area contributed by atoms with Gasteiger partial charge in [0.1, 0.15) is 24.0 Å². The molecular formula is C19H12Cl2I2N2O2. The van der Waals surface area contributed by atoms with Gasteiger partial charge in [-0.15, -0.1) is 0 Å². The van der Waals surface area contributed by atoms with Crippen molar-refractivity contribution in [1.29, 1.82) is 5.26 Å². The zero-order valence-corrected chi connectivity index (χ0v) is 19.6. The van der Waals surface area contributed by atoms with Crippen LogP contribution in [0.3, 0.4) is 0 Å². The lowest BCUT2D eigenvalue weighted by atomic mass is 10.1. The molecule has 0 aromatic heterocycles. The first kappa shape index (κ1) is 22.0. The molecule has 0 unspecified atom stereocenters. The van der Waals surface area contributed by atoms with Crippen LogP contribution < -0.4 is 10.1 Å². The van der Waals surface area contributed by atoms with Crippen molar-refractivity contribution in [2.75, 3.05) is 11.9 Å². The summed E-state index contributed by atoms with van der Waals surface area (Å²) in [7, 11) is 0. The zero-order valence-electron chi connectivity index (χ0n) is 13.7. The summed E-state index contributed by atoms with van der Waals surface area (Å²) in [4.78, 5) is 12.4. The molecule has 0 bridgehead atoms. The Morgan fingerprint density at radius 3 is 2.56 bits per heavy atom. The van der Waals surface area contributed by atoms with E-state index < -0.39 is 5.91 Å². The summed E-state index contributed by atoms with van der Waals surface area (Å²) < 4.78 is 7.36. The molecule has 0 heterocycles. The maximum atomic E-state index is 12.4. The van der Waals surface area contributed by atoms with Crippen LogP contribution in [0.5, 0.6) is 5.75 Å². The second kappa shape index (κ2) is 10.3. The highest BCUT2D eigenvalue weighted by Gasteiger charge is 2.14. The minimum absolute atomic E-state index is 0.0580. The average Bonchev–Trinajstić information content (AvgIpc) is 2.62. The maximum absolute atomic E-state index is 12.4. The number of carbonyl (C=O) groups excluding carboxylic acids is 1. The SMILES string of the molecule is C=CCOc1c(I)cc(/C=C(/C#N)C(=O)Nc2cccc(Cl)c2Cl)cc1I. The van der Waals surface area contributed by atoms with Crippen LogP contribution >= 0.6 is 68.4 Å². The number of halogens is 4. The van der Waals surface area contributed by atoms with Gasteiger partial charge in [0.25, 0.3) is 5.91 Å². The summed E-state index contributed by atoms with van der Waals surface area (Å²) in [5, 5.41) is 12.5.